The third-order valence-corrected chi connectivity index (χ3v) is 4.50. The second kappa shape index (κ2) is 8.18. The van der Waals surface area contributed by atoms with Gasteiger partial charge in [0.1, 0.15) is 5.75 Å². The molecule has 1 fully saturated rings. The van der Waals surface area contributed by atoms with Crippen molar-refractivity contribution in [1.29, 1.82) is 0 Å². The predicted octanol–water partition coefficient (Wildman–Crippen LogP) is 3.28. The Balaban J connectivity index is 2.19. The van der Waals surface area contributed by atoms with Gasteiger partial charge >= 0.3 is 5.97 Å². The Morgan fingerprint density at radius 1 is 1.17 bits per heavy atom. The van der Waals surface area contributed by atoms with Crippen LogP contribution in [0.3, 0.4) is 0 Å². The van der Waals surface area contributed by atoms with Crippen LogP contribution in [0.25, 0.3) is 0 Å². The maximum Gasteiger partial charge on any atom is 0.313 e. The Bertz CT molecular complexity index is 586. The molecule has 1 aliphatic heterocycles. The summed E-state index contributed by atoms with van der Waals surface area (Å²) in [7, 11) is 0. The second-order valence-electron chi connectivity index (χ2n) is 6.16. The molecule has 24 heavy (non-hydrogen) atoms. The zero-order valence-corrected chi connectivity index (χ0v) is 14.8. The van der Waals surface area contributed by atoms with Crippen LogP contribution in [-0.2, 0) is 9.53 Å². The first kappa shape index (κ1) is 18.3. The zero-order chi connectivity index (χ0) is 17.6. The van der Waals surface area contributed by atoms with Gasteiger partial charge in [-0.05, 0) is 38.8 Å². The number of hydrogen-bond donors (Lipinski definition) is 0. The fourth-order valence-corrected chi connectivity index (χ4v) is 3.38. The molecule has 1 aliphatic rings. The van der Waals surface area contributed by atoms with E-state index in [9.17, 15) is 9.59 Å². The van der Waals surface area contributed by atoms with E-state index in [-0.39, 0.29) is 11.9 Å². The van der Waals surface area contributed by atoms with Gasteiger partial charge < -0.3 is 14.4 Å². The van der Waals surface area contributed by atoms with Crippen molar-refractivity contribution in [2.75, 3.05) is 26.3 Å². The van der Waals surface area contributed by atoms with Crippen molar-refractivity contribution >= 4 is 11.9 Å². The average Bonchev–Trinajstić information content (AvgIpc) is 3.01. The number of carbonyl (C=O) groups excluding carboxylic acids is 2. The molecule has 1 heterocycles. The highest BCUT2D eigenvalue weighted by molar-refractivity contribution is 5.97. The van der Waals surface area contributed by atoms with Crippen LogP contribution in [0.2, 0.25) is 0 Å². The largest absolute Gasteiger partial charge is 0.493 e. The van der Waals surface area contributed by atoms with Crippen molar-refractivity contribution in [1.82, 2.24) is 4.90 Å². The van der Waals surface area contributed by atoms with Crippen molar-refractivity contribution in [3.05, 3.63) is 29.8 Å². The minimum absolute atomic E-state index is 0.0821. The Hall–Kier alpha value is -2.04. The number of para-hydroxylation sites is 1. The molecule has 0 N–H and O–H groups in total. The van der Waals surface area contributed by atoms with Crippen LogP contribution >= 0.6 is 0 Å². The first-order valence-corrected chi connectivity index (χ1v) is 8.76. The van der Waals surface area contributed by atoms with Crippen LogP contribution in [-0.4, -0.2) is 43.1 Å². The van der Waals surface area contributed by atoms with E-state index in [4.69, 9.17) is 9.47 Å². The maximum absolute atomic E-state index is 12.9. The summed E-state index contributed by atoms with van der Waals surface area (Å²) < 4.78 is 10.8. The molecule has 0 bridgehead atoms. The molecule has 2 rings (SSSR count). The molecule has 1 amide bonds. The van der Waals surface area contributed by atoms with Crippen LogP contribution in [0.5, 0.6) is 5.75 Å². The normalized spacial score (nSPS) is 20.0. The lowest BCUT2D eigenvalue weighted by molar-refractivity contribution is -0.155. The van der Waals surface area contributed by atoms with Crippen molar-refractivity contribution in [3.8, 4) is 5.75 Å². The van der Waals surface area contributed by atoms with Gasteiger partial charge in [-0.25, -0.2) is 0 Å². The molecule has 1 aromatic carbocycles. The molecule has 0 saturated carbocycles. The van der Waals surface area contributed by atoms with E-state index < -0.39 is 5.41 Å². The highest BCUT2D eigenvalue weighted by Crippen LogP contribution is 2.37. The van der Waals surface area contributed by atoms with E-state index in [0.717, 1.165) is 12.8 Å². The summed E-state index contributed by atoms with van der Waals surface area (Å²) in [6.07, 6.45) is 2.28. The lowest BCUT2D eigenvalue weighted by Crippen LogP contribution is -2.38. The average molecular weight is 333 g/mol. The van der Waals surface area contributed by atoms with Crippen LogP contribution in [0.15, 0.2) is 24.3 Å². The monoisotopic (exact) mass is 333 g/mol. The van der Waals surface area contributed by atoms with Gasteiger partial charge in [-0.1, -0.05) is 25.5 Å². The van der Waals surface area contributed by atoms with Gasteiger partial charge in [0, 0.05) is 13.1 Å². The fourth-order valence-electron chi connectivity index (χ4n) is 3.38. The second-order valence-corrected chi connectivity index (χ2v) is 6.16. The number of carbonyl (C=O) groups is 2. The predicted molar refractivity (Wildman–Crippen MR) is 92.1 cm³/mol. The molecular formula is C19H27NO4. The van der Waals surface area contributed by atoms with Crippen LogP contribution in [0.1, 0.15) is 50.4 Å². The summed E-state index contributed by atoms with van der Waals surface area (Å²) in [6, 6.07) is 7.26. The number of rotatable bonds is 7. The van der Waals surface area contributed by atoms with E-state index in [1.807, 2.05) is 26.0 Å². The van der Waals surface area contributed by atoms with Crippen LogP contribution < -0.4 is 4.74 Å². The molecule has 0 radical (unpaired) electrons. The third kappa shape index (κ3) is 3.71. The third-order valence-electron chi connectivity index (χ3n) is 4.50. The van der Waals surface area contributed by atoms with E-state index in [1.54, 1.807) is 17.0 Å². The number of esters is 1. The van der Waals surface area contributed by atoms with E-state index in [2.05, 4.69) is 6.92 Å². The summed E-state index contributed by atoms with van der Waals surface area (Å²) in [5.41, 5.74) is -0.0171. The van der Waals surface area contributed by atoms with Gasteiger partial charge in [0.2, 0.25) is 0 Å². The Morgan fingerprint density at radius 3 is 2.58 bits per heavy atom. The topological polar surface area (TPSA) is 55.8 Å². The molecule has 0 aliphatic carbocycles. The van der Waals surface area contributed by atoms with Gasteiger partial charge in [0.05, 0.1) is 24.2 Å². The van der Waals surface area contributed by atoms with Gasteiger partial charge in [0.15, 0.2) is 0 Å². The fraction of sp³-hybridized carbons (Fsp3) is 0.579. The molecule has 0 aromatic heterocycles. The van der Waals surface area contributed by atoms with Crippen LogP contribution in [0, 0.1) is 5.41 Å². The molecule has 0 spiro atoms. The van der Waals surface area contributed by atoms with Crippen molar-refractivity contribution in [2.24, 2.45) is 5.41 Å². The highest BCUT2D eigenvalue weighted by atomic mass is 16.5. The molecule has 1 aromatic rings. The first-order valence-electron chi connectivity index (χ1n) is 8.76. The number of ether oxygens (including phenoxy) is 2. The van der Waals surface area contributed by atoms with E-state index in [1.165, 1.54) is 0 Å². The molecule has 1 atom stereocenters. The van der Waals surface area contributed by atoms with Gasteiger partial charge in [-0.3, -0.25) is 9.59 Å². The van der Waals surface area contributed by atoms with Crippen LogP contribution in [0.4, 0.5) is 0 Å². The number of hydrogen-bond acceptors (Lipinski definition) is 4. The first-order chi connectivity index (χ1) is 11.6. The minimum Gasteiger partial charge on any atom is -0.493 e. The lowest BCUT2D eigenvalue weighted by Gasteiger charge is -2.26. The molecule has 1 unspecified atom stereocenters. The molecule has 132 valence electrons. The smallest absolute Gasteiger partial charge is 0.313 e. The molecule has 1 saturated heterocycles. The highest BCUT2D eigenvalue weighted by Gasteiger charge is 2.46. The number of nitrogens with zero attached hydrogens (tertiary/aromatic N) is 1. The summed E-state index contributed by atoms with van der Waals surface area (Å²) in [4.78, 5) is 27.1. The number of likely N-dealkylation sites (tertiary alicyclic amines) is 1. The quantitative estimate of drug-likeness (QED) is 0.719. The van der Waals surface area contributed by atoms with Crippen molar-refractivity contribution in [3.63, 3.8) is 0 Å². The van der Waals surface area contributed by atoms with Gasteiger partial charge in [-0.15, -0.1) is 0 Å². The van der Waals surface area contributed by atoms with Crippen molar-refractivity contribution in [2.45, 2.75) is 40.0 Å². The molecular weight excluding hydrogens is 306 g/mol. The Morgan fingerprint density at radius 2 is 1.92 bits per heavy atom. The summed E-state index contributed by atoms with van der Waals surface area (Å²) >= 11 is 0. The van der Waals surface area contributed by atoms with E-state index >= 15 is 0 Å². The standard InChI is InChI=1S/C19H27NO4/c1-4-11-19(18(22)24-6-3)12-13-20(14-19)17(21)15-9-7-8-10-16(15)23-5-2/h7-10H,4-6,11-14H2,1-3H3. The molecule has 5 heteroatoms. The number of benzene rings is 1. The van der Waals surface area contributed by atoms with Gasteiger partial charge in [0.25, 0.3) is 5.91 Å². The SMILES string of the molecule is CCCC1(C(=O)OCC)CCN(C(=O)c2ccccc2OCC)C1. The lowest BCUT2D eigenvalue weighted by atomic mass is 9.82. The Labute approximate surface area is 143 Å². The number of amides is 1. The van der Waals surface area contributed by atoms with Crippen molar-refractivity contribution < 1.29 is 19.1 Å². The maximum atomic E-state index is 12.9. The minimum atomic E-state index is -0.568. The summed E-state index contributed by atoms with van der Waals surface area (Å²) in [5.74, 6) is 0.329. The van der Waals surface area contributed by atoms with Gasteiger partial charge in [-0.2, -0.15) is 0 Å². The zero-order valence-electron chi connectivity index (χ0n) is 14.8. The summed E-state index contributed by atoms with van der Waals surface area (Å²) in [6.45, 7) is 7.61. The molecule has 5 nitrogen and oxygen atoms in total. The van der Waals surface area contributed by atoms with E-state index in [0.29, 0.717) is 44.0 Å². The Kier molecular flexibility index (Phi) is 6.23. The summed E-state index contributed by atoms with van der Waals surface area (Å²) in [5, 5.41) is 0.